The van der Waals surface area contributed by atoms with Crippen molar-refractivity contribution in [3.8, 4) is 0 Å². The maximum atomic E-state index is 13.4. The summed E-state index contributed by atoms with van der Waals surface area (Å²) < 4.78 is 3.46. The molecule has 0 fully saturated rings. The molecule has 7 nitrogen and oxygen atoms in total. The summed E-state index contributed by atoms with van der Waals surface area (Å²) in [6.45, 7) is 4.99. The van der Waals surface area contributed by atoms with Gasteiger partial charge in [0.05, 0.1) is 29.0 Å². The fourth-order valence-electron chi connectivity index (χ4n) is 4.35. The van der Waals surface area contributed by atoms with Crippen LogP contribution in [0.4, 0.5) is 0 Å². The van der Waals surface area contributed by atoms with Crippen molar-refractivity contribution in [3.63, 3.8) is 0 Å². The number of para-hydroxylation sites is 2. The van der Waals surface area contributed by atoms with E-state index in [1.54, 1.807) is 18.2 Å². The molecule has 7 heteroatoms. The molecule has 1 amide bonds. The monoisotopic (exact) mass is 451 g/mol. The topological polar surface area (TPSA) is 81.8 Å². The van der Waals surface area contributed by atoms with E-state index in [2.05, 4.69) is 21.9 Å². The molecule has 0 radical (unpaired) electrons. The second-order valence-corrected chi connectivity index (χ2v) is 8.24. The highest BCUT2D eigenvalue weighted by Crippen LogP contribution is 2.22. The van der Waals surface area contributed by atoms with Crippen LogP contribution >= 0.6 is 0 Å². The molecule has 170 valence electrons. The highest BCUT2D eigenvalue weighted by Gasteiger charge is 2.22. The largest absolute Gasteiger partial charge is 0.341 e. The van der Waals surface area contributed by atoms with Crippen molar-refractivity contribution in [1.29, 1.82) is 0 Å². The number of benzene rings is 3. The number of imidazole rings is 1. The lowest BCUT2D eigenvalue weighted by Gasteiger charge is -2.16. The van der Waals surface area contributed by atoms with Crippen LogP contribution in [0.25, 0.3) is 21.8 Å². The first-order valence-electron chi connectivity index (χ1n) is 11.4. The Morgan fingerprint density at radius 1 is 0.941 bits per heavy atom. The smallest absolute Gasteiger partial charge is 0.274 e. The summed E-state index contributed by atoms with van der Waals surface area (Å²) in [5.41, 5.74) is 2.85. The molecule has 0 aliphatic rings. The van der Waals surface area contributed by atoms with Gasteiger partial charge in [0.1, 0.15) is 5.82 Å². The van der Waals surface area contributed by atoms with Gasteiger partial charge < -0.3 is 9.88 Å². The fourth-order valence-corrected chi connectivity index (χ4v) is 4.35. The van der Waals surface area contributed by atoms with E-state index in [0.717, 1.165) is 29.0 Å². The van der Waals surface area contributed by atoms with Crippen LogP contribution in [0.1, 0.15) is 41.8 Å². The van der Waals surface area contributed by atoms with Gasteiger partial charge in [0.25, 0.3) is 11.5 Å². The van der Waals surface area contributed by atoms with Gasteiger partial charge in [-0.2, -0.15) is 5.10 Å². The number of aryl methyl sites for hydroxylation is 1. The van der Waals surface area contributed by atoms with E-state index in [-0.39, 0.29) is 29.7 Å². The zero-order chi connectivity index (χ0) is 23.7. The van der Waals surface area contributed by atoms with Crippen LogP contribution in [0.2, 0.25) is 0 Å². The van der Waals surface area contributed by atoms with Crippen molar-refractivity contribution in [3.05, 3.63) is 106 Å². The van der Waals surface area contributed by atoms with Gasteiger partial charge >= 0.3 is 0 Å². The standard InChI is InChI=1S/C27H25N5O2/c1-3-31-23-16-10-9-15-22(23)29-25(31)18(2)28-26(33)24-20-13-7-8-14-21(20)27(34)32(30-24)17-19-11-5-4-6-12-19/h4-16,18H,3,17H2,1-2H3,(H,28,33). The van der Waals surface area contributed by atoms with E-state index in [4.69, 9.17) is 4.98 Å². The van der Waals surface area contributed by atoms with Crippen LogP contribution < -0.4 is 10.9 Å². The van der Waals surface area contributed by atoms with E-state index >= 15 is 0 Å². The van der Waals surface area contributed by atoms with Gasteiger partial charge in [-0.05, 0) is 37.6 Å². The molecule has 0 saturated carbocycles. The lowest BCUT2D eigenvalue weighted by molar-refractivity contribution is 0.0932. The summed E-state index contributed by atoms with van der Waals surface area (Å²) in [7, 11) is 0. The summed E-state index contributed by atoms with van der Waals surface area (Å²) in [5.74, 6) is 0.430. The third-order valence-electron chi connectivity index (χ3n) is 5.99. The number of nitrogens with zero attached hydrogens (tertiary/aromatic N) is 4. The normalized spacial score (nSPS) is 12.2. The predicted molar refractivity (Wildman–Crippen MR) is 133 cm³/mol. The van der Waals surface area contributed by atoms with Gasteiger partial charge in [0.2, 0.25) is 0 Å². The molecule has 5 aromatic rings. The molecule has 0 saturated heterocycles. The summed E-state index contributed by atoms with van der Waals surface area (Å²) in [4.78, 5) is 31.3. The second-order valence-electron chi connectivity index (χ2n) is 8.24. The number of carbonyl (C=O) groups is 1. The Morgan fingerprint density at radius 2 is 1.62 bits per heavy atom. The lowest BCUT2D eigenvalue weighted by atomic mass is 10.1. The van der Waals surface area contributed by atoms with Crippen molar-refractivity contribution < 1.29 is 4.79 Å². The number of fused-ring (bicyclic) bond motifs is 2. The van der Waals surface area contributed by atoms with Crippen molar-refractivity contribution in [2.45, 2.75) is 33.0 Å². The minimum Gasteiger partial charge on any atom is -0.341 e. The number of hydrogen-bond donors (Lipinski definition) is 1. The number of amides is 1. The number of hydrogen-bond acceptors (Lipinski definition) is 4. The maximum Gasteiger partial charge on any atom is 0.274 e. The number of carbonyl (C=O) groups excluding carboxylic acids is 1. The molecule has 1 N–H and O–H groups in total. The van der Waals surface area contributed by atoms with Crippen LogP contribution in [0.3, 0.4) is 0 Å². The average molecular weight is 452 g/mol. The van der Waals surface area contributed by atoms with Crippen LogP contribution in [-0.4, -0.2) is 25.2 Å². The molecule has 5 rings (SSSR count). The van der Waals surface area contributed by atoms with E-state index in [0.29, 0.717) is 10.8 Å². The third kappa shape index (κ3) is 3.85. The second kappa shape index (κ2) is 8.94. The van der Waals surface area contributed by atoms with Crippen molar-refractivity contribution in [1.82, 2.24) is 24.6 Å². The first-order valence-corrected chi connectivity index (χ1v) is 11.4. The Labute approximate surface area is 196 Å². The van der Waals surface area contributed by atoms with Crippen LogP contribution in [0, 0.1) is 0 Å². The molecule has 0 aliphatic carbocycles. The van der Waals surface area contributed by atoms with Gasteiger partial charge in [-0.15, -0.1) is 0 Å². The maximum absolute atomic E-state index is 13.4. The summed E-state index contributed by atoms with van der Waals surface area (Å²) >= 11 is 0. The Balaban J connectivity index is 1.53. The quantitative estimate of drug-likeness (QED) is 0.417. The van der Waals surface area contributed by atoms with E-state index in [9.17, 15) is 9.59 Å². The molecule has 0 spiro atoms. The van der Waals surface area contributed by atoms with E-state index in [1.807, 2.05) is 67.6 Å². The molecular formula is C27H25N5O2. The summed E-state index contributed by atoms with van der Waals surface area (Å²) in [6, 6.07) is 24.3. The third-order valence-corrected chi connectivity index (χ3v) is 5.99. The van der Waals surface area contributed by atoms with E-state index < -0.39 is 0 Å². The molecule has 1 unspecified atom stereocenters. The van der Waals surface area contributed by atoms with Crippen LogP contribution in [-0.2, 0) is 13.1 Å². The predicted octanol–water partition coefficient (Wildman–Crippen LogP) is 4.31. The van der Waals surface area contributed by atoms with Crippen molar-refractivity contribution >= 4 is 27.7 Å². The van der Waals surface area contributed by atoms with Gasteiger partial charge in [0, 0.05) is 11.9 Å². The van der Waals surface area contributed by atoms with Gasteiger partial charge in [-0.25, -0.2) is 9.67 Å². The molecule has 3 aromatic carbocycles. The minimum atomic E-state index is -0.352. The summed E-state index contributed by atoms with van der Waals surface area (Å²) in [6.07, 6.45) is 0. The summed E-state index contributed by atoms with van der Waals surface area (Å²) in [5, 5.41) is 8.54. The van der Waals surface area contributed by atoms with Gasteiger partial charge in [0.15, 0.2) is 5.69 Å². The van der Waals surface area contributed by atoms with Crippen molar-refractivity contribution in [2.24, 2.45) is 0 Å². The molecule has 0 aliphatic heterocycles. The molecule has 2 heterocycles. The Morgan fingerprint density at radius 3 is 2.38 bits per heavy atom. The highest BCUT2D eigenvalue weighted by molar-refractivity contribution is 6.04. The number of aromatic nitrogens is 4. The van der Waals surface area contributed by atoms with Gasteiger partial charge in [-0.3, -0.25) is 9.59 Å². The Bertz CT molecular complexity index is 1550. The molecule has 2 aromatic heterocycles. The zero-order valence-corrected chi connectivity index (χ0v) is 19.1. The van der Waals surface area contributed by atoms with Gasteiger partial charge in [-0.1, -0.05) is 60.7 Å². The fraction of sp³-hybridized carbons (Fsp3) is 0.185. The van der Waals surface area contributed by atoms with Crippen LogP contribution in [0.15, 0.2) is 83.7 Å². The molecule has 34 heavy (non-hydrogen) atoms. The molecular weight excluding hydrogens is 426 g/mol. The highest BCUT2D eigenvalue weighted by atomic mass is 16.2. The molecule has 0 bridgehead atoms. The number of rotatable bonds is 6. The number of nitrogens with one attached hydrogen (secondary N) is 1. The minimum absolute atomic E-state index is 0.220. The SMILES string of the molecule is CCn1c(C(C)NC(=O)c2nn(Cc3ccccc3)c(=O)c3ccccc23)nc2ccccc21. The Hall–Kier alpha value is -4.26. The Kier molecular flexibility index (Phi) is 5.67. The molecule has 1 atom stereocenters. The van der Waals surface area contributed by atoms with Crippen molar-refractivity contribution in [2.75, 3.05) is 0 Å². The lowest BCUT2D eigenvalue weighted by Crippen LogP contribution is -2.33. The first kappa shape index (κ1) is 21.6. The van der Waals surface area contributed by atoms with Crippen LogP contribution in [0.5, 0.6) is 0 Å². The first-order chi connectivity index (χ1) is 16.6. The zero-order valence-electron chi connectivity index (χ0n) is 19.1. The van der Waals surface area contributed by atoms with E-state index in [1.165, 1.54) is 4.68 Å². The average Bonchev–Trinajstić information content (AvgIpc) is 3.25.